The molecule has 9 aromatic carbocycles. The van der Waals surface area contributed by atoms with Gasteiger partial charge >= 0.3 is 0 Å². The van der Waals surface area contributed by atoms with E-state index >= 15 is 0 Å². The number of hydrogen-bond acceptors (Lipinski definition) is 2. The van der Waals surface area contributed by atoms with Crippen molar-refractivity contribution in [1.82, 2.24) is 0 Å². The Kier molecular flexibility index (Phi) is 9.09. The molecule has 2 heteroatoms. The zero-order valence-electron chi connectivity index (χ0n) is 42.8. The largest absolute Gasteiger partial charge is 0.456 e. The van der Waals surface area contributed by atoms with Crippen LogP contribution in [0.2, 0.25) is 0 Å². The van der Waals surface area contributed by atoms with Gasteiger partial charge < -0.3 is 9.32 Å². The minimum Gasteiger partial charge on any atom is -0.456 e. The van der Waals surface area contributed by atoms with Gasteiger partial charge in [-0.2, -0.15) is 0 Å². The third kappa shape index (κ3) is 6.00. The SMILES string of the molecule is CC(C)(C)c1ccc(C(C)(C)C)c2c1oc1cc3c(cc12)C(C)(C)c1c-3cccc1N(c1ccc(C2(c3ccccc3)c3ccccc3-c3ccccc32)cc1)c1ccc2c(c1)C(C)(C)c1ccccc1-2. The number of hydrogen-bond donors (Lipinski definition) is 0. The first-order valence-corrected chi connectivity index (χ1v) is 25.6. The van der Waals surface area contributed by atoms with Crippen LogP contribution in [0, 0.1) is 0 Å². The van der Waals surface area contributed by atoms with Crippen LogP contribution < -0.4 is 4.90 Å². The van der Waals surface area contributed by atoms with Crippen LogP contribution in [-0.4, -0.2) is 0 Å². The summed E-state index contributed by atoms with van der Waals surface area (Å²) in [4.78, 5) is 2.55. The van der Waals surface area contributed by atoms with Crippen molar-refractivity contribution < 1.29 is 4.42 Å². The van der Waals surface area contributed by atoms with E-state index in [0.717, 1.165) is 22.5 Å². The van der Waals surface area contributed by atoms with Gasteiger partial charge in [-0.3, -0.25) is 0 Å². The molecule has 0 N–H and O–H groups in total. The summed E-state index contributed by atoms with van der Waals surface area (Å²) < 4.78 is 7.09. The summed E-state index contributed by atoms with van der Waals surface area (Å²) in [5.74, 6) is 0. The molecule has 0 atom stereocenters. The van der Waals surface area contributed by atoms with Crippen LogP contribution in [0.15, 0.2) is 192 Å². The molecule has 71 heavy (non-hydrogen) atoms. The summed E-state index contributed by atoms with van der Waals surface area (Å²) in [5.41, 5.74) is 25.2. The van der Waals surface area contributed by atoms with Crippen LogP contribution in [0.1, 0.15) is 125 Å². The van der Waals surface area contributed by atoms with E-state index in [2.05, 4.69) is 262 Å². The Labute approximate surface area is 419 Å². The molecular weight excluding hydrogens is 859 g/mol. The van der Waals surface area contributed by atoms with Crippen molar-refractivity contribution in [2.75, 3.05) is 4.90 Å². The summed E-state index contributed by atoms with van der Waals surface area (Å²) in [7, 11) is 0. The van der Waals surface area contributed by atoms with Crippen molar-refractivity contribution >= 4 is 39.0 Å². The van der Waals surface area contributed by atoms with Gasteiger partial charge in [0.1, 0.15) is 11.2 Å². The Morgan fingerprint density at radius 2 is 0.915 bits per heavy atom. The summed E-state index contributed by atoms with van der Waals surface area (Å²) in [6, 6.07) is 71.4. The maximum Gasteiger partial charge on any atom is 0.139 e. The highest BCUT2D eigenvalue weighted by molar-refractivity contribution is 6.11. The Morgan fingerprint density at radius 3 is 1.56 bits per heavy atom. The molecule has 3 aliphatic carbocycles. The summed E-state index contributed by atoms with van der Waals surface area (Å²) in [6.45, 7) is 23.5. The summed E-state index contributed by atoms with van der Waals surface area (Å²) in [5, 5.41) is 2.45. The van der Waals surface area contributed by atoms with E-state index < -0.39 is 5.41 Å². The fourth-order valence-electron chi connectivity index (χ4n) is 13.5. The van der Waals surface area contributed by atoms with Gasteiger partial charge in [-0.15, -0.1) is 0 Å². The minimum atomic E-state index is -0.486. The van der Waals surface area contributed by atoms with Crippen molar-refractivity contribution in [2.24, 2.45) is 0 Å². The van der Waals surface area contributed by atoms with Crippen molar-refractivity contribution in [3.05, 3.63) is 244 Å². The first kappa shape index (κ1) is 43.6. The second-order valence-electron chi connectivity index (χ2n) is 23.7. The average molecular weight is 920 g/mol. The maximum absolute atomic E-state index is 7.09. The lowest BCUT2D eigenvalue weighted by molar-refractivity contribution is 0.566. The molecule has 0 aliphatic heterocycles. The molecule has 0 saturated carbocycles. The molecule has 1 heterocycles. The van der Waals surface area contributed by atoms with E-state index in [1.54, 1.807) is 0 Å². The van der Waals surface area contributed by atoms with Gasteiger partial charge in [0, 0.05) is 38.5 Å². The van der Waals surface area contributed by atoms with Gasteiger partial charge in [0.05, 0.1) is 11.1 Å². The molecule has 0 fully saturated rings. The molecule has 1 aromatic heterocycles. The molecule has 10 aromatic rings. The Bertz CT molecular complexity index is 3780. The number of fused-ring (bicyclic) bond motifs is 12. The second kappa shape index (κ2) is 14.8. The molecule has 0 spiro atoms. The van der Waals surface area contributed by atoms with Crippen LogP contribution in [0.4, 0.5) is 17.1 Å². The lowest BCUT2D eigenvalue weighted by Gasteiger charge is -2.35. The fourth-order valence-corrected chi connectivity index (χ4v) is 13.5. The molecule has 0 unspecified atom stereocenters. The molecule has 2 nitrogen and oxygen atoms in total. The van der Waals surface area contributed by atoms with E-state index in [1.165, 1.54) is 105 Å². The van der Waals surface area contributed by atoms with Crippen LogP contribution in [0.5, 0.6) is 0 Å². The highest BCUT2D eigenvalue weighted by Gasteiger charge is 2.46. The Balaban J connectivity index is 1.03. The average Bonchev–Trinajstić information content (AvgIpc) is 4.03. The van der Waals surface area contributed by atoms with E-state index in [-0.39, 0.29) is 21.7 Å². The van der Waals surface area contributed by atoms with Crippen LogP contribution in [0.25, 0.3) is 55.3 Å². The van der Waals surface area contributed by atoms with Crippen molar-refractivity contribution in [3.63, 3.8) is 0 Å². The van der Waals surface area contributed by atoms with Gasteiger partial charge in [-0.1, -0.05) is 215 Å². The zero-order chi connectivity index (χ0) is 49.0. The highest BCUT2D eigenvalue weighted by Crippen LogP contribution is 2.59. The van der Waals surface area contributed by atoms with Crippen LogP contribution >= 0.6 is 0 Å². The minimum absolute atomic E-state index is 0.0662. The molecule has 0 radical (unpaired) electrons. The molecule has 13 rings (SSSR count). The lowest BCUT2D eigenvalue weighted by atomic mass is 9.67. The van der Waals surface area contributed by atoms with E-state index in [4.69, 9.17) is 4.42 Å². The molecule has 348 valence electrons. The number of nitrogens with zero attached hydrogens (tertiary/aromatic N) is 1. The Morgan fingerprint density at radius 1 is 0.394 bits per heavy atom. The monoisotopic (exact) mass is 919 g/mol. The normalized spacial score (nSPS) is 15.5. The van der Waals surface area contributed by atoms with E-state index in [9.17, 15) is 0 Å². The van der Waals surface area contributed by atoms with Gasteiger partial charge in [0.15, 0.2) is 0 Å². The topological polar surface area (TPSA) is 16.4 Å². The first-order chi connectivity index (χ1) is 34.0. The highest BCUT2D eigenvalue weighted by atomic mass is 16.3. The predicted octanol–water partition coefficient (Wildman–Crippen LogP) is 18.6. The second-order valence-corrected chi connectivity index (χ2v) is 23.7. The smallest absolute Gasteiger partial charge is 0.139 e. The molecule has 3 aliphatic rings. The molecule has 0 amide bonds. The number of anilines is 3. The summed E-state index contributed by atoms with van der Waals surface area (Å²) >= 11 is 0. The number of furan rings is 1. The van der Waals surface area contributed by atoms with Gasteiger partial charge in [-0.05, 0) is 137 Å². The third-order valence-corrected chi connectivity index (χ3v) is 16.8. The van der Waals surface area contributed by atoms with Gasteiger partial charge in [0.25, 0.3) is 0 Å². The molecule has 0 bridgehead atoms. The predicted molar refractivity (Wildman–Crippen MR) is 298 cm³/mol. The zero-order valence-corrected chi connectivity index (χ0v) is 42.8. The number of rotatable bonds is 5. The van der Waals surface area contributed by atoms with Crippen LogP contribution in [0.3, 0.4) is 0 Å². The first-order valence-electron chi connectivity index (χ1n) is 25.6. The standard InChI is InChI=1S/C69H61NO/c1-65(2,3)56-37-38-57(66(4,5)6)64-62(56)52-40-59-51(41-61(52)71-64)50-26-20-30-60(63(50)68(59,9)10)70(45-35-36-49-46-23-14-17-27-53(46)67(7,8)58(49)39-45)44-33-31-43(32-34-44)69(42-21-12-11-13-22-42)54-28-18-15-24-47(54)48-25-16-19-29-55(48)69/h11-41H,1-10H3. The molecular formula is C69H61NO. The van der Waals surface area contributed by atoms with Gasteiger partial charge in [-0.25, -0.2) is 0 Å². The van der Waals surface area contributed by atoms with E-state index in [0.29, 0.717) is 0 Å². The Hall–Kier alpha value is -7.42. The van der Waals surface area contributed by atoms with Crippen molar-refractivity contribution in [3.8, 4) is 33.4 Å². The van der Waals surface area contributed by atoms with Gasteiger partial charge in [0.2, 0.25) is 0 Å². The fraction of sp³-hybridized carbons (Fsp3) is 0.217. The third-order valence-electron chi connectivity index (χ3n) is 16.8. The van der Waals surface area contributed by atoms with Crippen LogP contribution in [-0.2, 0) is 27.1 Å². The van der Waals surface area contributed by atoms with E-state index in [1.807, 2.05) is 0 Å². The summed E-state index contributed by atoms with van der Waals surface area (Å²) in [6.07, 6.45) is 0. The number of benzene rings is 9. The lowest BCUT2D eigenvalue weighted by Crippen LogP contribution is -2.28. The quantitative estimate of drug-likeness (QED) is 0.171. The van der Waals surface area contributed by atoms with Crippen molar-refractivity contribution in [2.45, 2.75) is 96.3 Å². The molecule has 0 saturated heterocycles. The van der Waals surface area contributed by atoms with Crippen molar-refractivity contribution in [1.29, 1.82) is 0 Å². The maximum atomic E-state index is 7.09.